The summed E-state index contributed by atoms with van der Waals surface area (Å²) in [5.74, 6) is -0.397. The van der Waals surface area contributed by atoms with Gasteiger partial charge in [0, 0.05) is 17.1 Å². The lowest BCUT2D eigenvalue weighted by Gasteiger charge is -2.01. The highest BCUT2D eigenvalue weighted by Gasteiger charge is 2.11. The Morgan fingerprint density at radius 2 is 2.14 bits per heavy atom. The van der Waals surface area contributed by atoms with Crippen molar-refractivity contribution >= 4 is 22.6 Å². The molecular formula is C15H12N4O3. The first kappa shape index (κ1) is 13.7. The molecule has 0 aliphatic carbocycles. The van der Waals surface area contributed by atoms with Crippen LogP contribution in [0.1, 0.15) is 5.56 Å². The van der Waals surface area contributed by atoms with Gasteiger partial charge in [0.2, 0.25) is 5.91 Å². The first-order valence-corrected chi connectivity index (χ1v) is 6.54. The molecule has 0 fully saturated rings. The van der Waals surface area contributed by atoms with E-state index in [0.29, 0.717) is 11.0 Å². The molecule has 3 N–H and O–H groups in total. The number of H-pyrrole nitrogens is 1. The lowest BCUT2D eigenvalue weighted by molar-refractivity contribution is -0.385. The Kier molecular flexibility index (Phi) is 3.30. The van der Waals surface area contributed by atoms with Crippen LogP contribution in [0.25, 0.3) is 22.3 Å². The van der Waals surface area contributed by atoms with Crippen LogP contribution < -0.4 is 5.73 Å². The number of aromatic amines is 1. The number of benzene rings is 1. The molecular weight excluding hydrogens is 284 g/mol. The molecule has 22 heavy (non-hydrogen) atoms. The highest BCUT2D eigenvalue weighted by Crippen LogP contribution is 2.26. The SMILES string of the molecule is NC(=O)Cc1cccc(-c2cc3cc([N+](=O)[O-])cnc3[nH]2)c1. The summed E-state index contributed by atoms with van der Waals surface area (Å²) >= 11 is 0. The summed E-state index contributed by atoms with van der Waals surface area (Å²) in [6.45, 7) is 0. The summed E-state index contributed by atoms with van der Waals surface area (Å²) < 4.78 is 0. The van der Waals surface area contributed by atoms with Gasteiger partial charge in [0.15, 0.2) is 0 Å². The van der Waals surface area contributed by atoms with Gasteiger partial charge in [-0.1, -0.05) is 18.2 Å². The van der Waals surface area contributed by atoms with Crippen molar-refractivity contribution < 1.29 is 9.72 Å². The molecule has 1 amide bonds. The first-order valence-electron chi connectivity index (χ1n) is 6.54. The summed E-state index contributed by atoms with van der Waals surface area (Å²) in [7, 11) is 0. The van der Waals surface area contributed by atoms with Gasteiger partial charge in [0.1, 0.15) is 11.8 Å². The first-order chi connectivity index (χ1) is 10.5. The lowest BCUT2D eigenvalue weighted by Crippen LogP contribution is -2.13. The third kappa shape index (κ3) is 2.64. The summed E-state index contributed by atoms with van der Waals surface area (Å²) in [6, 6.07) is 10.6. The number of primary amides is 1. The van der Waals surface area contributed by atoms with E-state index in [9.17, 15) is 14.9 Å². The molecule has 0 radical (unpaired) electrons. The average Bonchev–Trinajstić information content (AvgIpc) is 2.89. The molecule has 0 unspecified atom stereocenters. The molecule has 0 saturated heterocycles. The second-order valence-corrected chi connectivity index (χ2v) is 4.91. The van der Waals surface area contributed by atoms with Crippen molar-refractivity contribution in [3.05, 3.63) is 58.3 Å². The summed E-state index contributed by atoms with van der Waals surface area (Å²) in [5.41, 5.74) is 8.16. The van der Waals surface area contributed by atoms with Crippen molar-refractivity contribution in [1.29, 1.82) is 0 Å². The highest BCUT2D eigenvalue weighted by molar-refractivity contribution is 5.85. The Hall–Kier alpha value is -3.22. The Morgan fingerprint density at radius 1 is 1.32 bits per heavy atom. The topological polar surface area (TPSA) is 115 Å². The van der Waals surface area contributed by atoms with E-state index in [1.807, 2.05) is 24.3 Å². The molecule has 1 aromatic carbocycles. The molecule has 7 heteroatoms. The van der Waals surface area contributed by atoms with Crippen molar-refractivity contribution in [2.75, 3.05) is 0 Å². The number of hydrogen-bond donors (Lipinski definition) is 2. The van der Waals surface area contributed by atoms with Crippen molar-refractivity contribution in [1.82, 2.24) is 9.97 Å². The van der Waals surface area contributed by atoms with Crippen LogP contribution in [0.2, 0.25) is 0 Å². The van der Waals surface area contributed by atoms with Crippen LogP contribution in [0, 0.1) is 10.1 Å². The van der Waals surface area contributed by atoms with Crippen LogP contribution in [0.15, 0.2) is 42.6 Å². The number of hydrogen-bond acceptors (Lipinski definition) is 4. The van der Waals surface area contributed by atoms with Crippen LogP contribution in [0.4, 0.5) is 5.69 Å². The van der Waals surface area contributed by atoms with Gasteiger partial charge < -0.3 is 10.7 Å². The molecule has 110 valence electrons. The van der Waals surface area contributed by atoms with E-state index in [2.05, 4.69) is 9.97 Å². The molecule has 0 saturated carbocycles. The number of fused-ring (bicyclic) bond motifs is 1. The van der Waals surface area contributed by atoms with Crippen molar-refractivity contribution in [3.63, 3.8) is 0 Å². The Bertz CT molecular complexity index is 885. The number of nitrogens with one attached hydrogen (secondary N) is 1. The van der Waals surface area contributed by atoms with Crippen LogP contribution in [0.5, 0.6) is 0 Å². The molecule has 0 bridgehead atoms. The maximum absolute atomic E-state index is 11.0. The largest absolute Gasteiger partial charge is 0.369 e. The molecule has 3 rings (SSSR count). The fourth-order valence-electron chi connectivity index (χ4n) is 2.31. The van der Waals surface area contributed by atoms with E-state index in [0.717, 1.165) is 16.8 Å². The minimum Gasteiger partial charge on any atom is -0.369 e. The molecule has 3 aromatic rings. The molecule has 0 aliphatic heterocycles. The van der Waals surface area contributed by atoms with E-state index >= 15 is 0 Å². The van der Waals surface area contributed by atoms with E-state index < -0.39 is 10.8 Å². The standard InChI is InChI=1S/C15H12N4O3/c16-14(20)5-9-2-1-3-10(4-9)13-7-11-6-12(19(21)22)8-17-15(11)18-13/h1-4,6-8H,5H2,(H2,16,20)(H,17,18). The number of aromatic nitrogens is 2. The number of nitrogens with zero attached hydrogens (tertiary/aromatic N) is 2. The highest BCUT2D eigenvalue weighted by atomic mass is 16.6. The van der Waals surface area contributed by atoms with Crippen LogP contribution in [0.3, 0.4) is 0 Å². The minimum atomic E-state index is -0.480. The van der Waals surface area contributed by atoms with Crippen LogP contribution >= 0.6 is 0 Å². The lowest BCUT2D eigenvalue weighted by atomic mass is 10.1. The van der Waals surface area contributed by atoms with Crippen molar-refractivity contribution in [3.8, 4) is 11.3 Å². The monoisotopic (exact) mass is 296 g/mol. The van der Waals surface area contributed by atoms with Gasteiger partial charge in [-0.25, -0.2) is 4.98 Å². The van der Waals surface area contributed by atoms with Gasteiger partial charge >= 0.3 is 0 Å². The fourth-order valence-corrected chi connectivity index (χ4v) is 2.31. The van der Waals surface area contributed by atoms with Crippen molar-refractivity contribution in [2.45, 2.75) is 6.42 Å². The third-order valence-electron chi connectivity index (χ3n) is 3.28. The zero-order valence-corrected chi connectivity index (χ0v) is 11.4. The van der Waals surface area contributed by atoms with E-state index in [-0.39, 0.29) is 12.1 Å². The van der Waals surface area contributed by atoms with Crippen LogP contribution in [-0.4, -0.2) is 20.8 Å². The van der Waals surface area contributed by atoms with Gasteiger partial charge in [-0.05, 0) is 23.3 Å². The number of carbonyl (C=O) groups excluding carboxylic acids is 1. The summed E-state index contributed by atoms with van der Waals surface area (Å²) in [4.78, 5) is 28.5. The van der Waals surface area contributed by atoms with Gasteiger partial charge in [-0.2, -0.15) is 0 Å². The summed E-state index contributed by atoms with van der Waals surface area (Å²) in [6.07, 6.45) is 1.38. The van der Waals surface area contributed by atoms with Gasteiger partial charge in [-0.3, -0.25) is 14.9 Å². The van der Waals surface area contributed by atoms with E-state index in [4.69, 9.17) is 5.73 Å². The number of pyridine rings is 1. The molecule has 2 heterocycles. The second kappa shape index (κ2) is 5.28. The van der Waals surface area contributed by atoms with E-state index in [1.165, 1.54) is 12.3 Å². The van der Waals surface area contributed by atoms with Crippen LogP contribution in [-0.2, 0) is 11.2 Å². The smallest absolute Gasteiger partial charge is 0.288 e. The Morgan fingerprint density at radius 3 is 2.86 bits per heavy atom. The van der Waals surface area contributed by atoms with E-state index in [1.54, 1.807) is 6.07 Å². The summed E-state index contributed by atoms with van der Waals surface area (Å²) in [5, 5.41) is 11.4. The molecule has 0 atom stereocenters. The predicted octanol–water partition coefficient (Wildman–Crippen LogP) is 2.17. The second-order valence-electron chi connectivity index (χ2n) is 4.91. The van der Waals surface area contributed by atoms with Gasteiger partial charge in [-0.15, -0.1) is 0 Å². The normalized spacial score (nSPS) is 10.7. The average molecular weight is 296 g/mol. The Labute approximate surface area is 124 Å². The zero-order valence-electron chi connectivity index (χ0n) is 11.4. The zero-order chi connectivity index (χ0) is 15.7. The predicted molar refractivity (Wildman–Crippen MR) is 81.1 cm³/mol. The van der Waals surface area contributed by atoms with Crippen molar-refractivity contribution in [2.24, 2.45) is 5.73 Å². The van der Waals surface area contributed by atoms with Gasteiger partial charge in [0.25, 0.3) is 5.69 Å². The Balaban J connectivity index is 2.03. The molecule has 2 aromatic heterocycles. The molecule has 0 spiro atoms. The fraction of sp³-hybridized carbons (Fsp3) is 0.0667. The number of nitro groups is 1. The number of nitrogens with two attached hydrogens (primary N) is 1. The number of rotatable bonds is 4. The number of amides is 1. The number of carbonyl (C=O) groups is 1. The third-order valence-corrected chi connectivity index (χ3v) is 3.28. The maximum Gasteiger partial charge on any atom is 0.288 e. The molecule has 0 aliphatic rings. The van der Waals surface area contributed by atoms with Gasteiger partial charge in [0.05, 0.1) is 11.3 Å². The molecule has 7 nitrogen and oxygen atoms in total. The maximum atomic E-state index is 11.0. The minimum absolute atomic E-state index is 0.0551. The quantitative estimate of drug-likeness (QED) is 0.567.